The minimum atomic E-state index is -0.118. The molecular formula is C11H6Br2O2. The van der Waals surface area contributed by atoms with Crippen LogP contribution in [-0.2, 0) is 0 Å². The van der Waals surface area contributed by atoms with Crippen molar-refractivity contribution < 1.29 is 9.59 Å². The lowest BCUT2D eigenvalue weighted by Gasteiger charge is -2.11. The third-order valence-electron chi connectivity index (χ3n) is 2.21. The van der Waals surface area contributed by atoms with Crippen molar-refractivity contribution in [3.8, 4) is 0 Å². The van der Waals surface area contributed by atoms with Crippen molar-refractivity contribution in [1.82, 2.24) is 0 Å². The quantitative estimate of drug-likeness (QED) is 0.740. The van der Waals surface area contributed by atoms with Gasteiger partial charge < -0.3 is 0 Å². The molecule has 0 aromatic heterocycles. The van der Waals surface area contributed by atoms with Crippen molar-refractivity contribution in [3.05, 3.63) is 47.0 Å². The van der Waals surface area contributed by atoms with Crippen LogP contribution in [0.15, 0.2) is 30.4 Å². The summed E-state index contributed by atoms with van der Waals surface area (Å²) in [6.45, 7) is 0. The Morgan fingerprint density at radius 1 is 0.933 bits per heavy atom. The monoisotopic (exact) mass is 328 g/mol. The maximum Gasteiger partial charge on any atom is 0.186 e. The van der Waals surface area contributed by atoms with E-state index < -0.39 is 0 Å². The molecule has 0 radical (unpaired) electrons. The number of allylic oxidation sites excluding steroid dienone is 2. The van der Waals surface area contributed by atoms with Crippen molar-refractivity contribution in [2.24, 2.45) is 0 Å². The molecule has 0 fully saturated rings. The van der Waals surface area contributed by atoms with Gasteiger partial charge in [-0.3, -0.25) is 9.59 Å². The van der Waals surface area contributed by atoms with Crippen molar-refractivity contribution in [3.63, 3.8) is 0 Å². The Morgan fingerprint density at radius 2 is 1.53 bits per heavy atom. The standard InChI is InChI=1S/C11H6Br2O2/c12-11(13)6-1-2-7-8(5-6)10(15)4-3-9(7)14/h1-5,11H. The molecule has 2 rings (SSSR count). The highest BCUT2D eigenvalue weighted by atomic mass is 79.9. The smallest absolute Gasteiger partial charge is 0.186 e. The normalized spacial score (nSPS) is 14.6. The lowest BCUT2D eigenvalue weighted by atomic mass is 9.93. The molecule has 0 heterocycles. The van der Waals surface area contributed by atoms with Crippen molar-refractivity contribution in [2.75, 3.05) is 0 Å². The van der Waals surface area contributed by atoms with E-state index in [2.05, 4.69) is 31.9 Å². The van der Waals surface area contributed by atoms with Crippen LogP contribution < -0.4 is 0 Å². The number of carbonyl (C=O) groups is 2. The summed E-state index contributed by atoms with van der Waals surface area (Å²) in [5.41, 5.74) is 1.88. The average Bonchev–Trinajstić information content (AvgIpc) is 2.23. The predicted octanol–water partition coefficient (Wildman–Crippen LogP) is 3.41. The van der Waals surface area contributed by atoms with Crippen molar-refractivity contribution in [1.29, 1.82) is 0 Å². The van der Waals surface area contributed by atoms with Gasteiger partial charge >= 0.3 is 0 Å². The van der Waals surface area contributed by atoms with E-state index in [1.807, 2.05) is 6.07 Å². The van der Waals surface area contributed by atoms with Gasteiger partial charge in [-0.1, -0.05) is 37.9 Å². The maximum absolute atomic E-state index is 11.5. The number of fused-ring (bicyclic) bond motifs is 1. The summed E-state index contributed by atoms with van der Waals surface area (Å²) in [6.07, 6.45) is 2.62. The van der Waals surface area contributed by atoms with Gasteiger partial charge in [0.05, 0.1) is 3.74 Å². The van der Waals surface area contributed by atoms with Gasteiger partial charge in [-0.2, -0.15) is 0 Å². The highest BCUT2D eigenvalue weighted by Gasteiger charge is 2.19. The largest absolute Gasteiger partial charge is 0.289 e. The van der Waals surface area contributed by atoms with Gasteiger partial charge in [-0.25, -0.2) is 0 Å². The maximum atomic E-state index is 11.5. The first-order valence-corrected chi connectivity index (χ1v) is 6.11. The van der Waals surface area contributed by atoms with Crippen LogP contribution in [0.4, 0.5) is 0 Å². The van der Waals surface area contributed by atoms with Crippen LogP contribution in [0.1, 0.15) is 30.0 Å². The van der Waals surface area contributed by atoms with E-state index in [9.17, 15) is 9.59 Å². The molecule has 4 heteroatoms. The van der Waals surface area contributed by atoms with Gasteiger partial charge in [0.15, 0.2) is 11.6 Å². The zero-order valence-electron chi connectivity index (χ0n) is 7.54. The van der Waals surface area contributed by atoms with Crippen LogP contribution in [0.5, 0.6) is 0 Å². The van der Waals surface area contributed by atoms with Crippen LogP contribution in [0.2, 0.25) is 0 Å². The molecule has 0 saturated carbocycles. The topological polar surface area (TPSA) is 34.1 Å². The summed E-state index contributed by atoms with van der Waals surface area (Å²) in [6, 6.07) is 5.23. The predicted molar refractivity (Wildman–Crippen MR) is 64.8 cm³/mol. The molecule has 0 unspecified atom stereocenters. The van der Waals surface area contributed by atoms with Gasteiger partial charge in [-0.15, -0.1) is 0 Å². The Balaban J connectivity index is 2.58. The molecule has 0 atom stereocenters. The second-order valence-corrected chi connectivity index (χ2v) is 6.23. The second kappa shape index (κ2) is 4.02. The summed E-state index contributed by atoms with van der Waals surface area (Å²) in [7, 11) is 0. The number of hydrogen-bond donors (Lipinski definition) is 0. The van der Waals surface area contributed by atoms with Crippen LogP contribution in [-0.4, -0.2) is 11.6 Å². The first-order chi connectivity index (χ1) is 7.09. The zero-order chi connectivity index (χ0) is 11.0. The number of ketones is 2. The molecule has 1 aromatic carbocycles. The molecule has 76 valence electrons. The molecule has 2 nitrogen and oxygen atoms in total. The van der Waals surface area contributed by atoms with E-state index in [1.54, 1.807) is 12.1 Å². The lowest BCUT2D eigenvalue weighted by molar-refractivity contribution is 0.0994. The molecule has 0 aliphatic heterocycles. The first-order valence-electron chi connectivity index (χ1n) is 4.28. The SMILES string of the molecule is O=C1C=CC(=O)c2cc(C(Br)Br)ccc21. The number of halogens is 2. The van der Waals surface area contributed by atoms with E-state index in [1.165, 1.54) is 12.2 Å². The molecule has 1 aliphatic carbocycles. The number of carbonyl (C=O) groups excluding carboxylic acids is 2. The van der Waals surface area contributed by atoms with E-state index >= 15 is 0 Å². The van der Waals surface area contributed by atoms with E-state index in [0.29, 0.717) is 11.1 Å². The van der Waals surface area contributed by atoms with Crippen LogP contribution in [0.25, 0.3) is 0 Å². The molecular weight excluding hydrogens is 324 g/mol. The molecule has 15 heavy (non-hydrogen) atoms. The third-order valence-corrected chi connectivity index (χ3v) is 3.27. The highest BCUT2D eigenvalue weighted by molar-refractivity contribution is 9.24. The van der Waals surface area contributed by atoms with Gasteiger partial charge in [0.2, 0.25) is 0 Å². The van der Waals surface area contributed by atoms with E-state index in [4.69, 9.17) is 0 Å². The molecule has 1 aliphatic rings. The number of rotatable bonds is 1. The van der Waals surface area contributed by atoms with Gasteiger partial charge in [0.1, 0.15) is 0 Å². The molecule has 0 amide bonds. The second-order valence-electron chi connectivity index (χ2n) is 3.17. The molecule has 0 N–H and O–H groups in total. The fourth-order valence-corrected chi connectivity index (χ4v) is 2.02. The number of hydrogen-bond acceptors (Lipinski definition) is 2. The lowest BCUT2D eigenvalue weighted by Crippen LogP contribution is -2.11. The Bertz CT molecular complexity index is 475. The Kier molecular flexibility index (Phi) is 2.89. The minimum Gasteiger partial charge on any atom is -0.289 e. The van der Waals surface area contributed by atoms with E-state index in [-0.39, 0.29) is 15.3 Å². The summed E-state index contributed by atoms with van der Waals surface area (Å²) in [5, 5.41) is 0. The summed E-state index contributed by atoms with van der Waals surface area (Å²) < 4.78 is -0.0101. The van der Waals surface area contributed by atoms with Crippen LogP contribution in [0, 0.1) is 0 Å². The van der Waals surface area contributed by atoms with E-state index in [0.717, 1.165) is 5.56 Å². The highest BCUT2D eigenvalue weighted by Crippen LogP contribution is 2.31. The summed E-state index contributed by atoms with van der Waals surface area (Å²) in [4.78, 5) is 23.0. The molecule has 0 bridgehead atoms. The molecule has 1 aromatic rings. The van der Waals surface area contributed by atoms with Gasteiger partial charge in [-0.05, 0) is 29.8 Å². The molecule has 0 spiro atoms. The van der Waals surface area contributed by atoms with Crippen molar-refractivity contribution >= 4 is 43.4 Å². The van der Waals surface area contributed by atoms with Gasteiger partial charge in [0.25, 0.3) is 0 Å². The fraction of sp³-hybridized carbons (Fsp3) is 0.0909. The van der Waals surface area contributed by atoms with Crippen LogP contribution >= 0.6 is 31.9 Å². The number of benzene rings is 1. The van der Waals surface area contributed by atoms with Crippen LogP contribution in [0.3, 0.4) is 0 Å². The van der Waals surface area contributed by atoms with Gasteiger partial charge in [0, 0.05) is 11.1 Å². The van der Waals surface area contributed by atoms with Crippen molar-refractivity contribution in [2.45, 2.75) is 3.74 Å². The average molecular weight is 330 g/mol. The Hall–Kier alpha value is -0.740. The minimum absolute atomic E-state index is 0.0101. The summed E-state index contributed by atoms with van der Waals surface area (Å²) >= 11 is 6.70. The number of alkyl halides is 2. The summed E-state index contributed by atoms with van der Waals surface area (Å²) in [5.74, 6) is -0.232. The Morgan fingerprint density at radius 3 is 2.13 bits per heavy atom. The third kappa shape index (κ3) is 1.96. The fourth-order valence-electron chi connectivity index (χ4n) is 1.45. The first kappa shape index (κ1) is 10.8. The molecule has 0 saturated heterocycles. The Labute approximate surface area is 104 Å². The zero-order valence-corrected chi connectivity index (χ0v) is 10.7.